The first-order valence-corrected chi connectivity index (χ1v) is 7.16. The van der Waals surface area contributed by atoms with E-state index in [4.69, 9.17) is 10.5 Å². The van der Waals surface area contributed by atoms with Crippen LogP contribution in [0.4, 0.5) is 0 Å². The van der Waals surface area contributed by atoms with Crippen LogP contribution < -0.4 is 5.73 Å². The second-order valence-corrected chi connectivity index (χ2v) is 6.14. The Morgan fingerprint density at radius 2 is 2.05 bits per heavy atom. The van der Waals surface area contributed by atoms with Gasteiger partial charge in [0.1, 0.15) is 0 Å². The summed E-state index contributed by atoms with van der Waals surface area (Å²) in [5, 5.41) is 0. The van der Waals surface area contributed by atoms with Crippen molar-refractivity contribution >= 4 is 18.3 Å². The molecule has 1 amide bonds. The van der Waals surface area contributed by atoms with Gasteiger partial charge in [-0.05, 0) is 31.1 Å². The van der Waals surface area contributed by atoms with Gasteiger partial charge in [-0.15, -0.1) is 12.4 Å². The molecule has 19 heavy (non-hydrogen) atoms. The number of hydrogen-bond acceptors (Lipinski definition) is 3. The molecular formula is C14H27ClN2O2. The van der Waals surface area contributed by atoms with E-state index in [1.165, 1.54) is 0 Å². The molecule has 0 spiro atoms. The lowest BCUT2D eigenvalue weighted by Gasteiger charge is -2.37. The van der Waals surface area contributed by atoms with Gasteiger partial charge >= 0.3 is 0 Å². The summed E-state index contributed by atoms with van der Waals surface area (Å²) in [6.45, 7) is 8.10. The number of rotatable bonds is 3. The van der Waals surface area contributed by atoms with Crippen molar-refractivity contribution in [3.05, 3.63) is 0 Å². The number of amides is 1. The van der Waals surface area contributed by atoms with Crippen LogP contribution in [0.25, 0.3) is 0 Å². The van der Waals surface area contributed by atoms with Crippen molar-refractivity contribution in [1.82, 2.24) is 4.90 Å². The highest BCUT2D eigenvalue weighted by Gasteiger charge is 2.43. The minimum atomic E-state index is -0.343. The van der Waals surface area contributed by atoms with E-state index in [0.717, 1.165) is 32.4 Å². The van der Waals surface area contributed by atoms with E-state index in [1.54, 1.807) is 0 Å². The summed E-state index contributed by atoms with van der Waals surface area (Å²) in [6, 6.07) is 0. The molecule has 2 N–H and O–H groups in total. The first-order chi connectivity index (χ1) is 8.59. The summed E-state index contributed by atoms with van der Waals surface area (Å²) < 4.78 is 5.37. The number of ether oxygens (including phenoxy) is 1. The molecule has 2 aliphatic rings. The predicted octanol–water partition coefficient (Wildman–Crippen LogP) is 1.67. The number of halogens is 1. The fourth-order valence-corrected chi connectivity index (χ4v) is 3.12. The average Bonchev–Trinajstić information content (AvgIpc) is 2.88. The van der Waals surface area contributed by atoms with Gasteiger partial charge < -0.3 is 15.4 Å². The van der Waals surface area contributed by atoms with E-state index in [2.05, 4.69) is 13.8 Å². The molecule has 0 radical (unpaired) electrons. The maximum atomic E-state index is 12.7. The lowest BCUT2D eigenvalue weighted by Crippen LogP contribution is -2.50. The van der Waals surface area contributed by atoms with Crippen molar-refractivity contribution in [3.8, 4) is 0 Å². The van der Waals surface area contributed by atoms with Gasteiger partial charge in [-0.25, -0.2) is 0 Å². The standard InChI is InChI=1S/C14H26N2O2.ClH/c1-11(2)12-3-6-16(9-12)13(17)14(10-15)4-7-18-8-5-14;/h11-12H,3-10,15H2,1-2H3;1H. The number of carbonyl (C=O) groups is 1. The molecule has 0 aromatic heterocycles. The van der Waals surface area contributed by atoms with Crippen LogP contribution in [0.1, 0.15) is 33.1 Å². The summed E-state index contributed by atoms with van der Waals surface area (Å²) >= 11 is 0. The molecular weight excluding hydrogens is 264 g/mol. The number of hydrogen-bond donors (Lipinski definition) is 1. The van der Waals surface area contributed by atoms with E-state index in [9.17, 15) is 4.79 Å². The fraction of sp³-hybridized carbons (Fsp3) is 0.929. The Morgan fingerprint density at radius 3 is 2.53 bits per heavy atom. The molecule has 1 atom stereocenters. The van der Waals surface area contributed by atoms with Crippen LogP contribution in [0.2, 0.25) is 0 Å². The molecule has 1 unspecified atom stereocenters. The number of nitrogens with zero attached hydrogens (tertiary/aromatic N) is 1. The average molecular weight is 291 g/mol. The summed E-state index contributed by atoms with van der Waals surface area (Å²) in [4.78, 5) is 14.8. The largest absolute Gasteiger partial charge is 0.381 e. The number of carbonyl (C=O) groups excluding carboxylic acids is 1. The molecule has 0 saturated carbocycles. The predicted molar refractivity (Wildman–Crippen MR) is 78.3 cm³/mol. The molecule has 0 aromatic rings. The van der Waals surface area contributed by atoms with E-state index in [0.29, 0.717) is 31.6 Å². The van der Waals surface area contributed by atoms with E-state index in [-0.39, 0.29) is 23.7 Å². The molecule has 4 nitrogen and oxygen atoms in total. The minimum absolute atomic E-state index is 0. The first kappa shape index (κ1) is 16.7. The van der Waals surface area contributed by atoms with E-state index in [1.807, 2.05) is 4.90 Å². The zero-order valence-corrected chi connectivity index (χ0v) is 12.9. The summed E-state index contributed by atoms with van der Waals surface area (Å²) in [5.41, 5.74) is 5.56. The highest BCUT2D eigenvalue weighted by molar-refractivity contribution is 5.85. The molecule has 2 aliphatic heterocycles. The Bertz CT molecular complexity index is 304. The van der Waals surface area contributed by atoms with Gasteiger partial charge in [0.25, 0.3) is 0 Å². The second kappa shape index (κ2) is 6.91. The SMILES string of the molecule is CC(C)C1CCN(C(=O)C2(CN)CCOCC2)C1.Cl. The third kappa shape index (κ3) is 3.41. The quantitative estimate of drug-likeness (QED) is 0.860. The Kier molecular flexibility index (Phi) is 6.09. The molecule has 5 heteroatoms. The van der Waals surface area contributed by atoms with Crippen LogP contribution in [-0.2, 0) is 9.53 Å². The monoisotopic (exact) mass is 290 g/mol. The third-order valence-electron chi connectivity index (χ3n) is 4.75. The van der Waals surface area contributed by atoms with Gasteiger partial charge in [-0.3, -0.25) is 4.79 Å². The highest BCUT2D eigenvalue weighted by atomic mass is 35.5. The van der Waals surface area contributed by atoms with Gasteiger partial charge in [-0.1, -0.05) is 13.8 Å². The first-order valence-electron chi connectivity index (χ1n) is 7.16. The van der Waals surface area contributed by atoms with Crippen LogP contribution >= 0.6 is 12.4 Å². The van der Waals surface area contributed by atoms with Crippen molar-refractivity contribution < 1.29 is 9.53 Å². The maximum Gasteiger partial charge on any atom is 0.230 e. The Morgan fingerprint density at radius 1 is 1.42 bits per heavy atom. The van der Waals surface area contributed by atoms with Crippen molar-refractivity contribution in [3.63, 3.8) is 0 Å². The lowest BCUT2D eigenvalue weighted by atomic mass is 9.79. The van der Waals surface area contributed by atoms with Crippen molar-refractivity contribution in [1.29, 1.82) is 0 Å². The topological polar surface area (TPSA) is 55.6 Å². The molecule has 112 valence electrons. The van der Waals surface area contributed by atoms with E-state index < -0.39 is 0 Å². The molecule has 0 bridgehead atoms. The Hall–Kier alpha value is -0.320. The van der Waals surface area contributed by atoms with Crippen molar-refractivity contribution in [2.45, 2.75) is 33.1 Å². The van der Waals surface area contributed by atoms with Crippen molar-refractivity contribution in [2.24, 2.45) is 23.0 Å². The molecule has 0 aliphatic carbocycles. The van der Waals surface area contributed by atoms with Crippen LogP contribution in [0.3, 0.4) is 0 Å². The minimum Gasteiger partial charge on any atom is -0.381 e. The Labute approximate surface area is 122 Å². The summed E-state index contributed by atoms with van der Waals surface area (Å²) in [6.07, 6.45) is 2.71. The van der Waals surface area contributed by atoms with Gasteiger partial charge in [0.2, 0.25) is 5.91 Å². The van der Waals surface area contributed by atoms with Gasteiger partial charge in [0.15, 0.2) is 0 Å². The summed E-state index contributed by atoms with van der Waals surface area (Å²) in [7, 11) is 0. The van der Waals surface area contributed by atoms with Gasteiger partial charge in [0.05, 0.1) is 5.41 Å². The highest BCUT2D eigenvalue weighted by Crippen LogP contribution is 2.34. The van der Waals surface area contributed by atoms with E-state index >= 15 is 0 Å². The normalized spacial score (nSPS) is 26.3. The van der Waals surface area contributed by atoms with Crippen LogP contribution in [-0.4, -0.2) is 43.7 Å². The fourth-order valence-electron chi connectivity index (χ4n) is 3.12. The van der Waals surface area contributed by atoms with Gasteiger partial charge in [-0.2, -0.15) is 0 Å². The smallest absolute Gasteiger partial charge is 0.230 e. The maximum absolute atomic E-state index is 12.7. The lowest BCUT2D eigenvalue weighted by molar-refractivity contribution is -0.146. The van der Waals surface area contributed by atoms with Crippen molar-refractivity contribution in [2.75, 3.05) is 32.8 Å². The molecule has 2 fully saturated rings. The molecule has 2 heterocycles. The van der Waals surface area contributed by atoms with Crippen LogP contribution in [0, 0.1) is 17.3 Å². The van der Waals surface area contributed by atoms with Crippen LogP contribution in [0.5, 0.6) is 0 Å². The van der Waals surface area contributed by atoms with Gasteiger partial charge in [0, 0.05) is 32.8 Å². The number of likely N-dealkylation sites (tertiary alicyclic amines) is 1. The zero-order chi connectivity index (χ0) is 13.2. The second-order valence-electron chi connectivity index (χ2n) is 6.14. The zero-order valence-electron chi connectivity index (χ0n) is 12.1. The third-order valence-corrected chi connectivity index (χ3v) is 4.75. The molecule has 2 saturated heterocycles. The molecule has 0 aromatic carbocycles. The van der Waals surface area contributed by atoms with Crippen LogP contribution in [0.15, 0.2) is 0 Å². The Balaban J connectivity index is 0.00000180. The summed E-state index contributed by atoms with van der Waals surface area (Å²) in [5.74, 6) is 1.59. The molecule has 2 rings (SSSR count). The number of nitrogens with two attached hydrogens (primary N) is 1.